The number of fused-ring (bicyclic) bond motifs is 3. The van der Waals surface area contributed by atoms with Crippen molar-refractivity contribution < 1.29 is 4.74 Å². The van der Waals surface area contributed by atoms with Gasteiger partial charge in [0.2, 0.25) is 5.88 Å². The maximum absolute atomic E-state index is 5.22. The van der Waals surface area contributed by atoms with E-state index in [2.05, 4.69) is 35.8 Å². The number of hydrogen-bond acceptors (Lipinski definition) is 3. The highest BCUT2D eigenvalue weighted by molar-refractivity contribution is 5.81. The van der Waals surface area contributed by atoms with Gasteiger partial charge in [0, 0.05) is 29.4 Å². The maximum Gasteiger partial charge on any atom is 0.213 e. The second-order valence-corrected chi connectivity index (χ2v) is 5.68. The van der Waals surface area contributed by atoms with Gasteiger partial charge in [-0.15, -0.1) is 0 Å². The monoisotopic (exact) mass is 245 g/mol. The van der Waals surface area contributed by atoms with Crippen LogP contribution in [0.5, 0.6) is 5.88 Å². The highest BCUT2D eigenvalue weighted by atomic mass is 16.5. The molecular formula is C14H19N3O. The molecule has 2 aromatic rings. The SMILES string of the molecule is COc1ccc2[nH]c3c(c2n1)CC(C)(C)N(C)C3. The molecule has 0 amide bonds. The molecule has 3 heterocycles. The first-order valence-corrected chi connectivity index (χ1v) is 6.27. The zero-order valence-electron chi connectivity index (χ0n) is 11.4. The Bertz CT molecular complexity index is 600. The van der Waals surface area contributed by atoms with Gasteiger partial charge >= 0.3 is 0 Å². The van der Waals surface area contributed by atoms with Crippen molar-refractivity contribution in [3.8, 4) is 5.88 Å². The highest BCUT2D eigenvalue weighted by Gasteiger charge is 2.32. The van der Waals surface area contributed by atoms with Gasteiger partial charge in [0.1, 0.15) is 0 Å². The number of H-pyrrole nitrogens is 1. The maximum atomic E-state index is 5.22. The van der Waals surface area contributed by atoms with Gasteiger partial charge in [0.05, 0.1) is 18.1 Å². The lowest BCUT2D eigenvalue weighted by molar-refractivity contribution is 0.132. The number of hydrogen-bond donors (Lipinski definition) is 1. The molecule has 0 atom stereocenters. The minimum Gasteiger partial charge on any atom is -0.481 e. The van der Waals surface area contributed by atoms with Gasteiger partial charge in [-0.1, -0.05) is 0 Å². The Morgan fingerprint density at radius 3 is 2.89 bits per heavy atom. The zero-order chi connectivity index (χ0) is 12.9. The molecule has 1 aliphatic heterocycles. The number of aromatic amines is 1. The van der Waals surface area contributed by atoms with Crippen molar-refractivity contribution in [2.24, 2.45) is 0 Å². The number of aromatic nitrogens is 2. The number of methoxy groups -OCH3 is 1. The van der Waals surface area contributed by atoms with Crippen LogP contribution in [-0.2, 0) is 13.0 Å². The summed E-state index contributed by atoms with van der Waals surface area (Å²) >= 11 is 0. The summed E-state index contributed by atoms with van der Waals surface area (Å²) in [7, 11) is 3.83. The lowest BCUT2D eigenvalue weighted by atomic mass is 9.89. The fraction of sp³-hybridized carbons (Fsp3) is 0.500. The lowest BCUT2D eigenvalue weighted by Crippen LogP contribution is -2.45. The van der Waals surface area contributed by atoms with E-state index in [1.54, 1.807) is 7.11 Å². The van der Waals surface area contributed by atoms with Crippen molar-refractivity contribution in [1.82, 2.24) is 14.9 Å². The van der Waals surface area contributed by atoms with Crippen LogP contribution in [0, 0.1) is 0 Å². The summed E-state index contributed by atoms with van der Waals surface area (Å²) in [4.78, 5) is 10.4. The van der Waals surface area contributed by atoms with E-state index < -0.39 is 0 Å². The Kier molecular flexibility index (Phi) is 2.38. The van der Waals surface area contributed by atoms with Crippen LogP contribution in [0.15, 0.2) is 12.1 Å². The van der Waals surface area contributed by atoms with Crippen LogP contribution >= 0.6 is 0 Å². The number of likely N-dealkylation sites (N-methyl/N-ethyl adjacent to an activating group) is 1. The fourth-order valence-corrected chi connectivity index (χ4v) is 2.61. The predicted molar refractivity (Wildman–Crippen MR) is 71.9 cm³/mol. The van der Waals surface area contributed by atoms with Crippen LogP contribution in [-0.4, -0.2) is 34.6 Å². The standard InChI is InChI=1S/C14H19N3O/c1-14(2)7-9-11(8-17(14)3)15-10-5-6-12(18-4)16-13(9)10/h5-6,15H,7-8H2,1-4H3. The number of rotatable bonds is 1. The average Bonchev–Trinajstić information content (AvgIpc) is 2.66. The van der Waals surface area contributed by atoms with Crippen molar-refractivity contribution in [3.63, 3.8) is 0 Å². The molecule has 0 aromatic carbocycles. The first kappa shape index (κ1) is 11.5. The summed E-state index contributed by atoms with van der Waals surface area (Å²) in [6.45, 7) is 5.49. The van der Waals surface area contributed by atoms with E-state index in [9.17, 15) is 0 Å². The minimum absolute atomic E-state index is 0.173. The molecule has 18 heavy (non-hydrogen) atoms. The van der Waals surface area contributed by atoms with Crippen molar-refractivity contribution in [2.45, 2.75) is 32.4 Å². The Labute approximate surface area is 107 Å². The summed E-state index contributed by atoms with van der Waals surface area (Å²) in [6.07, 6.45) is 1.01. The number of pyridine rings is 1. The van der Waals surface area contributed by atoms with Crippen molar-refractivity contribution in [3.05, 3.63) is 23.4 Å². The van der Waals surface area contributed by atoms with Crippen LogP contribution in [0.25, 0.3) is 11.0 Å². The molecule has 2 aromatic heterocycles. The van der Waals surface area contributed by atoms with E-state index in [0.29, 0.717) is 5.88 Å². The minimum atomic E-state index is 0.173. The van der Waals surface area contributed by atoms with E-state index in [1.807, 2.05) is 12.1 Å². The van der Waals surface area contributed by atoms with E-state index in [0.717, 1.165) is 24.0 Å². The normalized spacial score (nSPS) is 18.9. The highest BCUT2D eigenvalue weighted by Crippen LogP contribution is 2.33. The van der Waals surface area contributed by atoms with Crippen LogP contribution in [0.3, 0.4) is 0 Å². The van der Waals surface area contributed by atoms with Crippen molar-refractivity contribution in [2.75, 3.05) is 14.2 Å². The molecule has 0 unspecified atom stereocenters. The fourth-order valence-electron chi connectivity index (χ4n) is 2.61. The third-order valence-electron chi connectivity index (χ3n) is 4.05. The smallest absolute Gasteiger partial charge is 0.213 e. The van der Waals surface area contributed by atoms with Crippen LogP contribution in [0.1, 0.15) is 25.1 Å². The van der Waals surface area contributed by atoms with Gasteiger partial charge in [-0.3, -0.25) is 4.90 Å². The van der Waals surface area contributed by atoms with Crippen LogP contribution in [0.2, 0.25) is 0 Å². The average molecular weight is 245 g/mol. The quantitative estimate of drug-likeness (QED) is 0.838. The van der Waals surface area contributed by atoms with E-state index in [-0.39, 0.29) is 5.54 Å². The summed E-state index contributed by atoms with van der Waals surface area (Å²) in [5, 5.41) is 0. The van der Waals surface area contributed by atoms with Gasteiger partial charge in [-0.2, -0.15) is 0 Å². The third kappa shape index (κ3) is 1.60. The Morgan fingerprint density at radius 2 is 2.17 bits per heavy atom. The van der Waals surface area contributed by atoms with Crippen LogP contribution in [0.4, 0.5) is 0 Å². The topological polar surface area (TPSA) is 41.1 Å². The number of nitrogens with zero attached hydrogens (tertiary/aromatic N) is 2. The van der Waals surface area contributed by atoms with Crippen molar-refractivity contribution in [1.29, 1.82) is 0 Å². The summed E-state index contributed by atoms with van der Waals surface area (Å²) in [5.74, 6) is 0.682. The van der Waals surface area contributed by atoms with Gasteiger partial charge in [-0.25, -0.2) is 4.98 Å². The third-order valence-corrected chi connectivity index (χ3v) is 4.05. The molecule has 0 spiro atoms. The van der Waals surface area contributed by atoms with Gasteiger partial charge in [-0.05, 0) is 33.4 Å². The largest absolute Gasteiger partial charge is 0.481 e. The van der Waals surface area contributed by atoms with Crippen LogP contribution < -0.4 is 4.74 Å². The van der Waals surface area contributed by atoms with Gasteiger partial charge < -0.3 is 9.72 Å². The second-order valence-electron chi connectivity index (χ2n) is 5.68. The molecular weight excluding hydrogens is 226 g/mol. The number of ether oxygens (including phenoxy) is 1. The molecule has 1 aliphatic rings. The molecule has 1 N–H and O–H groups in total. The van der Waals surface area contributed by atoms with E-state index >= 15 is 0 Å². The summed E-state index contributed by atoms with van der Waals surface area (Å²) < 4.78 is 5.22. The Balaban J connectivity index is 2.18. The van der Waals surface area contributed by atoms with Crippen molar-refractivity contribution >= 4 is 11.0 Å². The molecule has 3 rings (SSSR count). The molecule has 4 heteroatoms. The molecule has 0 saturated heterocycles. The van der Waals surface area contributed by atoms with Gasteiger partial charge in [0.25, 0.3) is 0 Å². The molecule has 0 radical (unpaired) electrons. The van der Waals surface area contributed by atoms with E-state index in [1.165, 1.54) is 11.3 Å². The summed E-state index contributed by atoms with van der Waals surface area (Å²) in [6, 6.07) is 3.95. The zero-order valence-corrected chi connectivity index (χ0v) is 11.4. The number of nitrogens with one attached hydrogen (secondary N) is 1. The Morgan fingerprint density at radius 1 is 1.39 bits per heavy atom. The Hall–Kier alpha value is -1.55. The first-order valence-electron chi connectivity index (χ1n) is 6.27. The lowest BCUT2D eigenvalue weighted by Gasteiger charge is -2.39. The first-order chi connectivity index (χ1) is 8.51. The predicted octanol–water partition coefficient (Wildman–Crippen LogP) is 2.34. The van der Waals surface area contributed by atoms with E-state index in [4.69, 9.17) is 4.74 Å². The van der Waals surface area contributed by atoms with Gasteiger partial charge in [0.15, 0.2) is 0 Å². The molecule has 0 aliphatic carbocycles. The summed E-state index contributed by atoms with van der Waals surface area (Å²) in [5.41, 5.74) is 4.96. The molecule has 0 fully saturated rings. The molecule has 96 valence electrons. The molecule has 0 saturated carbocycles. The molecule has 0 bridgehead atoms. The molecule has 4 nitrogen and oxygen atoms in total. The second kappa shape index (κ2) is 3.72.